The van der Waals surface area contributed by atoms with Gasteiger partial charge >= 0.3 is 0 Å². The van der Waals surface area contributed by atoms with Crippen molar-refractivity contribution in [3.63, 3.8) is 0 Å². The number of nitrogens with zero attached hydrogens (tertiary/aromatic N) is 1. The molecule has 2 bridgehead atoms. The lowest BCUT2D eigenvalue weighted by Crippen LogP contribution is -2.54. The molecule has 47 heavy (non-hydrogen) atoms. The summed E-state index contributed by atoms with van der Waals surface area (Å²) in [7, 11) is 0. The van der Waals surface area contributed by atoms with Gasteiger partial charge in [0, 0.05) is 24.1 Å². The van der Waals surface area contributed by atoms with Gasteiger partial charge in [-0.1, -0.05) is 68.0 Å². The van der Waals surface area contributed by atoms with E-state index in [1.807, 2.05) is 42.5 Å². The molecule has 3 aromatic rings. The van der Waals surface area contributed by atoms with Gasteiger partial charge in [0.15, 0.2) is 5.76 Å². The molecule has 2 aromatic carbocycles. The molecule has 1 aromatic heterocycles. The van der Waals surface area contributed by atoms with Crippen molar-refractivity contribution in [3.8, 4) is 0 Å². The van der Waals surface area contributed by atoms with Crippen LogP contribution in [0.4, 0.5) is 0 Å². The Morgan fingerprint density at radius 1 is 1.11 bits per heavy atom. The fraction of sp³-hybridized carbons (Fsp3) is 0.525. The van der Waals surface area contributed by atoms with Crippen LogP contribution < -0.4 is 0 Å². The predicted octanol–water partition coefficient (Wildman–Crippen LogP) is 6.84. The molecule has 7 heteroatoms. The summed E-state index contributed by atoms with van der Waals surface area (Å²) in [4.78, 5) is 16.1. The molecule has 5 unspecified atom stereocenters. The van der Waals surface area contributed by atoms with Gasteiger partial charge in [-0.05, 0) is 106 Å². The van der Waals surface area contributed by atoms with Crippen LogP contribution in [0.2, 0.25) is 0 Å². The van der Waals surface area contributed by atoms with Gasteiger partial charge in [0.05, 0.1) is 37.3 Å². The molecule has 3 aliphatic rings. The monoisotopic (exact) mass is 643 g/mol. The third-order valence-corrected chi connectivity index (χ3v) is 10.6. The van der Waals surface area contributed by atoms with E-state index in [1.165, 1.54) is 11.8 Å². The highest BCUT2D eigenvalue weighted by Crippen LogP contribution is 2.58. The normalized spacial score (nSPS) is 25.7. The highest BCUT2D eigenvalue weighted by Gasteiger charge is 2.57. The quantitative estimate of drug-likeness (QED) is 0.147. The highest BCUT2D eigenvalue weighted by molar-refractivity contribution is 6.08. The average Bonchev–Trinajstić information content (AvgIpc) is 3.67. The SMILES string of the molecule is CCCN(CC(O)COCc1ccccc1)CC1(O)CCC2c3ccc(cc3C(=O)c3ccco3)CC(O)CCC(C)=CCCC21C. The van der Waals surface area contributed by atoms with Crippen LogP contribution in [0.15, 0.2) is 83.0 Å². The summed E-state index contributed by atoms with van der Waals surface area (Å²) in [6.45, 7) is 8.68. The lowest BCUT2D eigenvalue weighted by atomic mass is 9.64. The fourth-order valence-corrected chi connectivity index (χ4v) is 7.90. The van der Waals surface area contributed by atoms with Crippen LogP contribution in [0.3, 0.4) is 0 Å². The summed E-state index contributed by atoms with van der Waals surface area (Å²) >= 11 is 0. The van der Waals surface area contributed by atoms with Gasteiger partial charge < -0.3 is 24.5 Å². The van der Waals surface area contributed by atoms with Gasteiger partial charge in [0.25, 0.3) is 0 Å². The molecule has 1 heterocycles. The standard InChI is InChI=1S/C40H53NO6/c1-4-21-41(25-33(43)27-46-26-30-11-6-5-7-12-30)28-40(45)20-18-36-34-17-15-31(24-35(34)38(44)37-13-9-22-47-37)23-32(42)16-14-29(2)10-8-19-39(36,40)3/h5-7,9-13,15,17,22,24,32-33,36,42-43,45H,4,8,14,16,18-21,23,25-28H2,1-3H3. The maximum atomic E-state index is 13.9. The summed E-state index contributed by atoms with van der Waals surface area (Å²) in [6.07, 6.45) is 8.27. The summed E-state index contributed by atoms with van der Waals surface area (Å²) in [5, 5.41) is 34.6. The van der Waals surface area contributed by atoms with Gasteiger partial charge in [0.2, 0.25) is 5.78 Å². The van der Waals surface area contributed by atoms with Crippen molar-refractivity contribution < 1.29 is 29.3 Å². The van der Waals surface area contributed by atoms with Crippen LogP contribution in [-0.2, 0) is 17.8 Å². The maximum Gasteiger partial charge on any atom is 0.228 e. The third kappa shape index (κ3) is 8.51. The molecule has 7 nitrogen and oxygen atoms in total. The number of fused-ring (bicyclic) bond motifs is 8. The number of aliphatic hydroxyl groups is 3. The predicted molar refractivity (Wildman–Crippen MR) is 184 cm³/mol. The van der Waals surface area contributed by atoms with Crippen molar-refractivity contribution >= 4 is 5.78 Å². The molecule has 3 aliphatic carbocycles. The smallest absolute Gasteiger partial charge is 0.228 e. The number of ketones is 1. The second kappa shape index (κ2) is 15.9. The summed E-state index contributed by atoms with van der Waals surface area (Å²) in [5.41, 5.74) is 3.16. The van der Waals surface area contributed by atoms with E-state index in [0.717, 1.165) is 55.3 Å². The minimum absolute atomic E-state index is 0.0698. The number of rotatable bonds is 12. The molecule has 0 radical (unpaired) electrons. The van der Waals surface area contributed by atoms with Gasteiger partial charge in [0.1, 0.15) is 0 Å². The van der Waals surface area contributed by atoms with Crippen molar-refractivity contribution in [2.45, 2.75) is 102 Å². The van der Waals surface area contributed by atoms with E-state index in [4.69, 9.17) is 9.15 Å². The molecule has 5 atom stereocenters. The number of carbonyl (C=O) groups is 1. The van der Waals surface area contributed by atoms with Crippen LogP contribution in [0, 0.1) is 5.41 Å². The van der Waals surface area contributed by atoms with Crippen molar-refractivity contribution in [1.82, 2.24) is 4.90 Å². The second-order valence-electron chi connectivity index (χ2n) is 14.1. The van der Waals surface area contributed by atoms with E-state index in [2.05, 4.69) is 37.8 Å². The average molecular weight is 644 g/mol. The Bertz CT molecular complexity index is 1470. The zero-order valence-electron chi connectivity index (χ0n) is 28.4. The van der Waals surface area contributed by atoms with Gasteiger partial charge in [-0.2, -0.15) is 0 Å². The molecule has 1 fully saturated rings. The maximum absolute atomic E-state index is 13.9. The number of hydrogen-bond acceptors (Lipinski definition) is 7. The van der Waals surface area contributed by atoms with Gasteiger partial charge in [-0.3, -0.25) is 9.69 Å². The highest BCUT2D eigenvalue weighted by atomic mass is 16.5. The Hall–Kier alpha value is -3.07. The zero-order valence-corrected chi connectivity index (χ0v) is 28.4. The van der Waals surface area contributed by atoms with Crippen LogP contribution in [0.25, 0.3) is 0 Å². The first-order chi connectivity index (χ1) is 22.6. The number of furan rings is 1. The molecule has 6 rings (SSSR count). The van der Waals surface area contributed by atoms with Crippen LogP contribution in [-0.4, -0.2) is 70.1 Å². The zero-order chi connectivity index (χ0) is 33.4. The van der Waals surface area contributed by atoms with Crippen molar-refractivity contribution in [2.75, 3.05) is 26.2 Å². The molecule has 0 spiro atoms. The molecule has 3 N–H and O–H groups in total. The van der Waals surface area contributed by atoms with E-state index in [1.54, 1.807) is 12.1 Å². The molecule has 0 amide bonds. The number of carbonyl (C=O) groups excluding carboxylic acids is 1. The van der Waals surface area contributed by atoms with E-state index in [-0.39, 0.29) is 24.1 Å². The van der Waals surface area contributed by atoms with Gasteiger partial charge in [-0.15, -0.1) is 0 Å². The Balaban J connectivity index is 1.43. The minimum Gasteiger partial charge on any atom is -0.461 e. The van der Waals surface area contributed by atoms with Crippen LogP contribution in [0.1, 0.15) is 104 Å². The number of hydrogen-bond donors (Lipinski definition) is 3. The Morgan fingerprint density at radius 2 is 1.91 bits per heavy atom. The molecule has 1 saturated carbocycles. The largest absolute Gasteiger partial charge is 0.461 e. The van der Waals surface area contributed by atoms with E-state index >= 15 is 0 Å². The number of benzene rings is 2. The van der Waals surface area contributed by atoms with Crippen LogP contribution >= 0.6 is 0 Å². The third-order valence-electron chi connectivity index (χ3n) is 10.6. The Morgan fingerprint density at radius 3 is 2.66 bits per heavy atom. The van der Waals surface area contributed by atoms with E-state index < -0.39 is 23.2 Å². The van der Waals surface area contributed by atoms with Crippen molar-refractivity contribution in [1.29, 1.82) is 0 Å². The summed E-state index contributed by atoms with van der Waals surface area (Å²) < 4.78 is 11.4. The lowest BCUT2D eigenvalue weighted by molar-refractivity contribution is -0.0906. The molecular weight excluding hydrogens is 590 g/mol. The first-order valence-corrected chi connectivity index (χ1v) is 17.4. The summed E-state index contributed by atoms with van der Waals surface area (Å²) in [5.74, 6) is 0.0454. The van der Waals surface area contributed by atoms with Crippen molar-refractivity contribution in [3.05, 3.63) is 107 Å². The first kappa shape index (κ1) is 35.2. The fourth-order valence-electron chi connectivity index (χ4n) is 7.90. The molecule has 254 valence electrons. The van der Waals surface area contributed by atoms with Gasteiger partial charge in [-0.25, -0.2) is 0 Å². The summed E-state index contributed by atoms with van der Waals surface area (Å²) in [6, 6.07) is 19.4. The number of allylic oxidation sites excluding steroid dienone is 2. The first-order valence-electron chi connectivity index (χ1n) is 17.4. The van der Waals surface area contributed by atoms with Crippen molar-refractivity contribution in [2.24, 2.45) is 5.41 Å². The Kier molecular flexibility index (Phi) is 11.9. The Labute approximate surface area is 280 Å². The minimum atomic E-state index is -1.05. The number of ether oxygens (including phenoxy) is 1. The number of aliphatic hydroxyl groups excluding tert-OH is 2. The van der Waals surface area contributed by atoms with Crippen LogP contribution in [0.5, 0.6) is 0 Å². The lowest BCUT2D eigenvalue weighted by Gasteiger charge is -2.46. The second-order valence-corrected chi connectivity index (χ2v) is 14.1. The van der Waals surface area contributed by atoms with E-state index in [9.17, 15) is 20.1 Å². The topological polar surface area (TPSA) is 103 Å². The molecular formula is C40H53NO6. The molecule has 0 saturated heterocycles. The molecule has 0 aliphatic heterocycles. The van der Waals surface area contributed by atoms with E-state index in [0.29, 0.717) is 44.5 Å².